The van der Waals surface area contributed by atoms with E-state index in [4.69, 9.17) is 4.74 Å². The van der Waals surface area contributed by atoms with E-state index in [1.807, 2.05) is 0 Å². The zero-order valence-electron chi connectivity index (χ0n) is 13.2. The third-order valence-electron chi connectivity index (χ3n) is 5.30. The molecule has 25 heavy (non-hydrogen) atoms. The van der Waals surface area contributed by atoms with Gasteiger partial charge in [0.2, 0.25) is 11.8 Å². The standard InChI is InChI=1S/C17H15FN4O3/c18-10-4-2-1-3-9(10)7-21-8-19-17(20-21)22-15(23)13-11-5-6-12(25-11)14(13)16(22)24/h1-4,8,11-14H,5-7H2. The molecule has 2 amide bonds. The molecule has 4 atom stereocenters. The highest BCUT2D eigenvalue weighted by Gasteiger charge is 2.63. The fourth-order valence-corrected chi connectivity index (χ4v) is 4.17. The monoisotopic (exact) mass is 342 g/mol. The highest BCUT2D eigenvalue weighted by molar-refractivity contribution is 6.21. The number of rotatable bonds is 3. The van der Waals surface area contributed by atoms with E-state index in [-0.39, 0.29) is 42.3 Å². The van der Waals surface area contributed by atoms with Crippen molar-refractivity contribution in [2.45, 2.75) is 31.6 Å². The normalized spacial score (nSPS) is 30.4. The zero-order valence-corrected chi connectivity index (χ0v) is 13.2. The van der Waals surface area contributed by atoms with Crippen molar-refractivity contribution in [2.24, 2.45) is 11.8 Å². The molecule has 3 fully saturated rings. The molecule has 3 saturated heterocycles. The summed E-state index contributed by atoms with van der Waals surface area (Å²) < 4.78 is 20.9. The van der Waals surface area contributed by atoms with E-state index in [9.17, 15) is 14.0 Å². The maximum absolute atomic E-state index is 13.8. The summed E-state index contributed by atoms with van der Waals surface area (Å²) in [7, 11) is 0. The van der Waals surface area contributed by atoms with E-state index >= 15 is 0 Å². The van der Waals surface area contributed by atoms with Gasteiger partial charge in [0.05, 0.1) is 30.6 Å². The van der Waals surface area contributed by atoms with Crippen molar-refractivity contribution in [1.29, 1.82) is 0 Å². The Kier molecular flexibility index (Phi) is 3.05. The number of anilines is 1. The largest absolute Gasteiger partial charge is 0.373 e. The van der Waals surface area contributed by atoms with Crippen molar-refractivity contribution in [3.63, 3.8) is 0 Å². The Morgan fingerprint density at radius 2 is 1.80 bits per heavy atom. The smallest absolute Gasteiger partial charge is 0.258 e. The van der Waals surface area contributed by atoms with Gasteiger partial charge in [0, 0.05) is 5.56 Å². The van der Waals surface area contributed by atoms with Gasteiger partial charge in [-0.3, -0.25) is 9.59 Å². The van der Waals surface area contributed by atoms with Crippen LogP contribution in [0.4, 0.5) is 10.3 Å². The molecule has 0 N–H and O–H groups in total. The van der Waals surface area contributed by atoms with E-state index in [1.165, 1.54) is 17.1 Å². The van der Waals surface area contributed by atoms with Crippen LogP contribution in [0.1, 0.15) is 18.4 Å². The quantitative estimate of drug-likeness (QED) is 0.782. The number of halogens is 1. The second kappa shape index (κ2) is 5.19. The number of hydrogen-bond acceptors (Lipinski definition) is 5. The van der Waals surface area contributed by atoms with Gasteiger partial charge in [-0.1, -0.05) is 18.2 Å². The first-order valence-corrected chi connectivity index (χ1v) is 8.29. The number of hydrogen-bond donors (Lipinski definition) is 0. The maximum atomic E-state index is 13.8. The first kappa shape index (κ1) is 14.7. The summed E-state index contributed by atoms with van der Waals surface area (Å²) in [6, 6.07) is 6.38. The second-order valence-electron chi connectivity index (χ2n) is 6.69. The van der Waals surface area contributed by atoms with E-state index in [1.54, 1.807) is 18.2 Å². The number of benzene rings is 1. The molecular formula is C17H15FN4O3. The molecule has 4 heterocycles. The van der Waals surface area contributed by atoms with Gasteiger partial charge in [-0.05, 0) is 18.9 Å². The molecule has 0 spiro atoms. The van der Waals surface area contributed by atoms with Crippen LogP contribution in [0.5, 0.6) is 0 Å². The summed E-state index contributed by atoms with van der Waals surface area (Å²) in [5, 5.41) is 4.21. The van der Waals surface area contributed by atoms with Crippen molar-refractivity contribution in [3.8, 4) is 0 Å². The SMILES string of the molecule is O=C1C2C3CCC(O3)C2C(=O)N1c1ncn(Cc2ccccc2F)n1. The molecule has 2 aromatic rings. The highest BCUT2D eigenvalue weighted by Crippen LogP contribution is 2.48. The summed E-state index contributed by atoms with van der Waals surface area (Å²) >= 11 is 0. The summed E-state index contributed by atoms with van der Waals surface area (Å²) in [5.41, 5.74) is 0.460. The van der Waals surface area contributed by atoms with E-state index in [2.05, 4.69) is 10.1 Å². The lowest BCUT2D eigenvalue weighted by molar-refractivity contribution is -0.124. The molecule has 0 radical (unpaired) electrons. The minimum absolute atomic E-state index is 0.0557. The van der Waals surface area contributed by atoms with Crippen LogP contribution in [0, 0.1) is 17.7 Å². The Hall–Kier alpha value is -2.61. The lowest BCUT2D eigenvalue weighted by atomic mass is 9.81. The summed E-state index contributed by atoms with van der Waals surface area (Å²) in [5.74, 6) is -1.68. The molecule has 128 valence electrons. The Morgan fingerprint density at radius 1 is 1.12 bits per heavy atom. The van der Waals surface area contributed by atoms with Crippen LogP contribution in [-0.2, 0) is 20.9 Å². The molecule has 1 aromatic heterocycles. The summed E-state index contributed by atoms with van der Waals surface area (Å²) in [4.78, 5) is 30.5. The van der Waals surface area contributed by atoms with Crippen molar-refractivity contribution in [3.05, 3.63) is 42.0 Å². The van der Waals surface area contributed by atoms with Gasteiger partial charge in [0.25, 0.3) is 5.95 Å². The van der Waals surface area contributed by atoms with E-state index < -0.39 is 11.8 Å². The molecule has 2 bridgehead atoms. The molecule has 0 saturated carbocycles. The van der Waals surface area contributed by atoms with Gasteiger partial charge in [0.1, 0.15) is 12.1 Å². The average Bonchev–Trinajstić information content (AvgIpc) is 3.35. The molecule has 1 aromatic carbocycles. The predicted molar refractivity (Wildman–Crippen MR) is 82.9 cm³/mol. The first-order valence-electron chi connectivity index (χ1n) is 8.29. The third-order valence-corrected chi connectivity index (χ3v) is 5.30. The van der Waals surface area contributed by atoms with Crippen molar-refractivity contribution >= 4 is 17.8 Å². The number of carbonyl (C=O) groups is 2. The Labute approximate surface area is 142 Å². The van der Waals surface area contributed by atoms with Crippen molar-refractivity contribution in [2.75, 3.05) is 4.90 Å². The lowest BCUT2D eigenvalue weighted by Crippen LogP contribution is -2.35. The van der Waals surface area contributed by atoms with Crippen LogP contribution in [0.15, 0.2) is 30.6 Å². The van der Waals surface area contributed by atoms with Crippen molar-refractivity contribution in [1.82, 2.24) is 14.8 Å². The topological polar surface area (TPSA) is 77.3 Å². The fraction of sp³-hybridized carbons (Fsp3) is 0.412. The minimum atomic E-state index is -0.412. The van der Waals surface area contributed by atoms with E-state index in [0.29, 0.717) is 5.56 Å². The predicted octanol–water partition coefficient (Wildman–Crippen LogP) is 1.13. The second-order valence-corrected chi connectivity index (χ2v) is 6.69. The molecule has 3 aliphatic heterocycles. The number of aromatic nitrogens is 3. The van der Waals surface area contributed by atoms with Crippen LogP contribution >= 0.6 is 0 Å². The van der Waals surface area contributed by atoms with Crippen LogP contribution in [-0.4, -0.2) is 38.8 Å². The van der Waals surface area contributed by atoms with Crippen LogP contribution in [0.3, 0.4) is 0 Å². The van der Waals surface area contributed by atoms with Gasteiger partial charge >= 0.3 is 0 Å². The Morgan fingerprint density at radius 3 is 2.48 bits per heavy atom. The maximum Gasteiger partial charge on any atom is 0.258 e. The Balaban J connectivity index is 1.41. The minimum Gasteiger partial charge on any atom is -0.373 e. The molecule has 7 nitrogen and oxygen atoms in total. The van der Waals surface area contributed by atoms with E-state index in [0.717, 1.165) is 17.7 Å². The van der Waals surface area contributed by atoms with Gasteiger partial charge in [0.15, 0.2) is 0 Å². The first-order chi connectivity index (χ1) is 12.1. The average molecular weight is 342 g/mol. The number of ether oxygens (including phenoxy) is 1. The van der Waals surface area contributed by atoms with Gasteiger partial charge in [-0.2, -0.15) is 4.98 Å². The van der Waals surface area contributed by atoms with Gasteiger partial charge < -0.3 is 4.74 Å². The number of imide groups is 1. The number of nitrogens with zero attached hydrogens (tertiary/aromatic N) is 4. The number of fused-ring (bicyclic) bond motifs is 5. The molecule has 8 heteroatoms. The van der Waals surface area contributed by atoms with Crippen LogP contribution in [0.2, 0.25) is 0 Å². The fourth-order valence-electron chi connectivity index (χ4n) is 4.17. The summed E-state index contributed by atoms with van der Waals surface area (Å²) in [6.45, 7) is 0.178. The zero-order chi connectivity index (χ0) is 17.1. The van der Waals surface area contributed by atoms with Crippen molar-refractivity contribution < 1.29 is 18.7 Å². The highest BCUT2D eigenvalue weighted by atomic mass is 19.1. The molecule has 3 aliphatic rings. The molecular weight excluding hydrogens is 327 g/mol. The van der Waals surface area contributed by atoms with Gasteiger partial charge in [-0.25, -0.2) is 14.0 Å². The lowest BCUT2D eigenvalue weighted by Gasteiger charge is -2.14. The molecule has 0 aliphatic carbocycles. The number of amides is 2. The van der Waals surface area contributed by atoms with Crippen LogP contribution in [0.25, 0.3) is 0 Å². The molecule has 4 unspecified atom stereocenters. The Bertz CT molecular complexity index is 854. The van der Waals surface area contributed by atoms with Gasteiger partial charge in [-0.15, -0.1) is 5.10 Å². The van der Waals surface area contributed by atoms with Crippen LogP contribution < -0.4 is 4.90 Å². The summed E-state index contributed by atoms with van der Waals surface area (Å²) in [6.07, 6.45) is 2.69. The molecule has 5 rings (SSSR count). The number of carbonyl (C=O) groups excluding carboxylic acids is 2. The third kappa shape index (κ3) is 2.07.